The number of aliphatic carboxylic acids is 1. The maximum Gasteiger partial charge on any atom is 0.327 e. The van der Waals surface area contributed by atoms with Crippen LogP contribution in [0.1, 0.15) is 12.0 Å². The molecule has 1 aliphatic rings. The molecule has 1 aliphatic heterocycles. The van der Waals surface area contributed by atoms with Crippen molar-refractivity contribution in [1.29, 1.82) is 0 Å². The second-order valence-electron chi connectivity index (χ2n) is 4.41. The summed E-state index contributed by atoms with van der Waals surface area (Å²) in [6, 6.07) is 5.32. The largest absolute Gasteiger partial charge is 0.480 e. The SMILES string of the molecule is C#CCC(N)C(=O)N1c2ccccc2CC1C(=O)O. The van der Waals surface area contributed by atoms with Crippen LogP contribution in [0.5, 0.6) is 0 Å². The van der Waals surface area contributed by atoms with Crippen molar-refractivity contribution in [1.82, 2.24) is 0 Å². The van der Waals surface area contributed by atoms with Gasteiger partial charge in [0.2, 0.25) is 5.91 Å². The van der Waals surface area contributed by atoms with E-state index in [1.165, 1.54) is 4.90 Å². The Kier molecular flexibility index (Phi) is 3.54. The van der Waals surface area contributed by atoms with Gasteiger partial charge in [-0.05, 0) is 11.6 Å². The van der Waals surface area contributed by atoms with Crippen LogP contribution < -0.4 is 10.6 Å². The molecule has 0 spiro atoms. The van der Waals surface area contributed by atoms with Crippen LogP contribution in [0, 0.1) is 12.3 Å². The molecule has 0 fully saturated rings. The van der Waals surface area contributed by atoms with E-state index in [1.54, 1.807) is 12.1 Å². The number of carbonyl (C=O) groups excluding carboxylic acids is 1. The van der Waals surface area contributed by atoms with E-state index in [-0.39, 0.29) is 6.42 Å². The molecule has 0 bridgehead atoms. The lowest BCUT2D eigenvalue weighted by atomic mass is 10.1. The van der Waals surface area contributed by atoms with E-state index in [0.717, 1.165) is 5.56 Å². The Morgan fingerprint density at radius 1 is 1.53 bits per heavy atom. The third-order valence-corrected chi connectivity index (χ3v) is 3.15. The van der Waals surface area contributed by atoms with Gasteiger partial charge in [0.05, 0.1) is 6.04 Å². The minimum absolute atomic E-state index is 0.0871. The molecule has 1 aromatic rings. The first-order chi connectivity index (χ1) is 9.06. The highest BCUT2D eigenvalue weighted by atomic mass is 16.4. The quantitative estimate of drug-likeness (QED) is 0.768. The molecule has 0 aromatic heterocycles. The van der Waals surface area contributed by atoms with Crippen molar-refractivity contribution in [3.8, 4) is 12.3 Å². The van der Waals surface area contributed by atoms with Gasteiger partial charge in [0.15, 0.2) is 0 Å². The number of carboxylic acids is 1. The second-order valence-corrected chi connectivity index (χ2v) is 4.41. The summed E-state index contributed by atoms with van der Waals surface area (Å²) in [5.41, 5.74) is 7.13. The number of hydrogen-bond donors (Lipinski definition) is 2. The van der Waals surface area contributed by atoms with Crippen LogP contribution in [-0.2, 0) is 16.0 Å². The fourth-order valence-corrected chi connectivity index (χ4v) is 2.25. The molecule has 3 N–H and O–H groups in total. The van der Waals surface area contributed by atoms with Crippen molar-refractivity contribution in [2.24, 2.45) is 5.73 Å². The average Bonchev–Trinajstić information content (AvgIpc) is 2.77. The van der Waals surface area contributed by atoms with Crippen LogP contribution in [-0.4, -0.2) is 29.1 Å². The lowest BCUT2D eigenvalue weighted by Gasteiger charge is -2.25. The molecular formula is C14H14N2O3. The second kappa shape index (κ2) is 5.12. The minimum Gasteiger partial charge on any atom is -0.480 e. The minimum atomic E-state index is -1.04. The van der Waals surface area contributed by atoms with Crippen molar-refractivity contribution in [2.75, 3.05) is 4.90 Å². The van der Waals surface area contributed by atoms with Crippen molar-refractivity contribution >= 4 is 17.6 Å². The maximum atomic E-state index is 12.3. The smallest absolute Gasteiger partial charge is 0.327 e. The Labute approximate surface area is 111 Å². The summed E-state index contributed by atoms with van der Waals surface area (Å²) in [5.74, 6) is 0.827. The molecule has 1 heterocycles. The number of nitrogens with two attached hydrogens (primary N) is 1. The molecule has 1 aromatic carbocycles. The molecule has 0 saturated heterocycles. The first kappa shape index (κ1) is 13.1. The molecule has 0 saturated carbocycles. The van der Waals surface area contributed by atoms with E-state index < -0.39 is 24.0 Å². The van der Waals surface area contributed by atoms with Crippen LogP contribution in [0.2, 0.25) is 0 Å². The Morgan fingerprint density at radius 2 is 2.21 bits per heavy atom. The predicted molar refractivity (Wildman–Crippen MR) is 70.5 cm³/mol. The number of carboxylic acid groups (broad SMARTS) is 1. The number of anilines is 1. The van der Waals surface area contributed by atoms with E-state index in [9.17, 15) is 14.7 Å². The van der Waals surface area contributed by atoms with Gasteiger partial charge in [0, 0.05) is 18.5 Å². The number of fused-ring (bicyclic) bond motifs is 1. The highest BCUT2D eigenvalue weighted by Gasteiger charge is 2.39. The third kappa shape index (κ3) is 2.30. The number of nitrogens with zero attached hydrogens (tertiary/aromatic N) is 1. The first-order valence-electron chi connectivity index (χ1n) is 5.89. The molecule has 5 heteroatoms. The summed E-state index contributed by atoms with van der Waals surface area (Å²) >= 11 is 0. The van der Waals surface area contributed by atoms with Gasteiger partial charge < -0.3 is 10.8 Å². The Balaban J connectivity index is 2.37. The number of terminal acetylenes is 1. The van der Waals surface area contributed by atoms with Crippen molar-refractivity contribution < 1.29 is 14.7 Å². The van der Waals surface area contributed by atoms with Crippen LogP contribution in [0.4, 0.5) is 5.69 Å². The summed E-state index contributed by atoms with van der Waals surface area (Å²) in [4.78, 5) is 24.8. The van der Waals surface area contributed by atoms with E-state index >= 15 is 0 Å². The average molecular weight is 258 g/mol. The van der Waals surface area contributed by atoms with Crippen LogP contribution in [0.3, 0.4) is 0 Å². The summed E-state index contributed by atoms with van der Waals surface area (Å²) in [6.07, 6.45) is 5.52. The molecule has 0 aliphatic carbocycles. The standard InChI is InChI=1S/C14H14N2O3/c1-2-5-10(15)13(17)16-11-7-4-3-6-9(11)8-12(16)14(18)19/h1,3-4,6-7,10,12H,5,8,15H2,(H,18,19). The number of rotatable bonds is 3. The first-order valence-corrected chi connectivity index (χ1v) is 5.89. The van der Waals surface area contributed by atoms with E-state index in [1.807, 2.05) is 12.1 Å². The number of amides is 1. The van der Waals surface area contributed by atoms with Crippen molar-refractivity contribution in [3.05, 3.63) is 29.8 Å². The zero-order valence-electron chi connectivity index (χ0n) is 10.2. The number of hydrogen-bond acceptors (Lipinski definition) is 3. The van der Waals surface area contributed by atoms with E-state index in [2.05, 4.69) is 5.92 Å². The summed E-state index contributed by atoms with van der Waals surface area (Å²) in [6.45, 7) is 0. The highest BCUT2D eigenvalue weighted by molar-refractivity contribution is 6.04. The number of benzene rings is 1. The molecule has 5 nitrogen and oxygen atoms in total. The molecule has 2 atom stereocenters. The molecule has 2 rings (SSSR count). The molecule has 98 valence electrons. The highest BCUT2D eigenvalue weighted by Crippen LogP contribution is 2.32. The van der Waals surface area contributed by atoms with Gasteiger partial charge in [-0.15, -0.1) is 12.3 Å². The fraction of sp³-hybridized carbons (Fsp3) is 0.286. The summed E-state index contributed by atoms with van der Waals surface area (Å²) < 4.78 is 0. The maximum absolute atomic E-state index is 12.3. The predicted octanol–water partition coefficient (Wildman–Crippen LogP) is 0.379. The van der Waals surface area contributed by atoms with Crippen LogP contribution in [0.25, 0.3) is 0 Å². The Hall–Kier alpha value is -2.32. The van der Waals surface area contributed by atoms with E-state index in [0.29, 0.717) is 12.1 Å². The fourth-order valence-electron chi connectivity index (χ4n) is 2.25. The molecule has 19 heavy (non-hydrogen) atoms. The van der Waals surface area contributed by atoms with Crippen LogP contribution >= 0.6 is 0 Å². The molecule has 0 radical (unpaired) electrons. The van der Waals surface area contributed by atoms with Crippen LogP contribution in [0.15, 0.2) is 24.3 Å². The van der Waals surface area contributed by atoms with Gasteiger partial charge in [0.25, 0.3) is 0 Å². The zero-order valence-corrected chi connectivity index (χ0v) is 10.2. The summed E-state index contributed by atoms with van der Waals surface area (Å²) in [5, 5.41) is 9.24. The molecule has 1 amide bonds. The topological polar surface area (TPSA) is 83.6 Å². The summed E-state index contributed by atoms with van der Waals surface area (Å²) in [7, 11) is 0. The molecule has 2 unspecified atom stereocenters. The normalized spacial score (nSPS) is 18.5. The lowest BCUT2D eigenvalue weighted by molar-refractivity contribution is -0.140. The molecular weight excluding hydrogens is 244 g/mol. The van der Waals surface area contributed by atoms with Gasteiger partial charge in [0.1, 0.15) is 6.04 Å². The van der Waals surface area contributed by atoms with Gasteiger partial charge in [-0.25, -0.2) is 4.79 Å². The monoisotopic (exact) mass is 258 g/mol. The van der Waals surface area contributed by atoms with Gasteiger partial charge in [-0.3, -0.25) is 9.69 Å². The van der Waals surface area contributed by atoms with Gasteiger partial charge >= 0.3 is 5.97 Å². The number of carbonyl (C=O) groups is 2. The van der Waals surface area contributed by atoms with Gasteiger partial charge in [-0.1, -0.05) is 18.2 Å². The lowest BCUT2D eigenvalue weighted by Crippen LogP contribution is -2.50. The Bertz CT molecular complexity index is 562. The van der Waals surface area contributed by atoms with E-state index in [4.69, 9.17) is 12.2 Å². The third-order valence-electron chi connectivity index (χ3n) is 3.15. The number of para-hydroxylation sites is 1. The Morgan fingerprint density at radius 3 is 2.84 bits per heavy atom. The zero-order chi connectivity index (χ0) is 14.0. The van der Waals surface area contributed by atoms with Gasteiger partial charge in [-0.2, -0.15) is 0 Å². The van der Waals surface area contributed by atoms with Crippen molar-refractivity contribution in [2.45, 2.75) is 24.9 Å². The van der Waals surface area contributed by atoms with Crippen molar-refractivity contribution in [3.63, 3.8) is 0 Å².